The number of hydrogen-bond donors (Lipinski definition) is 1. The second kappa shape index (κ2) is 4.41. The molecule has 0 spiro atoms. The van der Waals surface area contributed by atoms with Crippen LogP contribution in [0.4, 0.5) is 0 Å². The number of fused-ring (bicyclic) bond motifs is 1. The fraction of sp³-hybridized carbons (Fsp3) is 0.429. The fourth-order valence-corrected chi connectivity index (χ4v) is 3.54. The number of rotatable bonds is 2. The quantitative estimate of drug-likeness (QED) is 0.882. The SMILES string of the molecule is CC1CCC(C(N)c2cccc3ccsc23)O1. The van der Waals surface area contributed by atoms with Crippen molar-refractivity contribution < 1.29 is 4.74 Å². The van der Waals surface area contributed by atoms with Crippen LogP contribution in [0, 0.1) is 0 Å². The van der Waals surface area contributed by atoms with Crippen molar-refractivity contribution in [2.45, 2.75) is 38.0 Å². The minimum absolute atomic E-state index is 0.00213. The topological polar surface area (TPSA) is 35.2 Å². The fourth-order valence-electron chi connectivity index (χ4n) is 2.58. The maximum Gasteiger partial charge on any atom is 0.0772 e. The van der Waals surface area contributed by atoms with Gasteiger partial charge in [-0.15, -0.1) is 11.3 Å². The first kappa shape index (κ1) is 11.2. The molecule has 0 aliphatic carbocycles. The van der Waals surface area contributed by atoms with Crippen LogP contribution >= 0.6 is 11.3 Å². The van der Waals surface area contributed by atoms with Crippen molar-refractivity contribution in [1.29, 1.82) is 0 Å². The Kier molecular flexibility index (Phi) is 2.90. The molecule has 1 aliphatic rings. The van der Waals surface area contributed by atoms with Crippen molar-refractivity contribution >= 4 is 21.4 Å². The van der Waals surface area contributed by atoms with E-state index in [0.717, 1.165) is 12.8 Å². The molecule has 2 heterocycles. The van der Waals surface area contributed by atoms with E-state index in [1.807, 2.05) is 0 Å². The predicted octanol–water partition coefficient (Wildman–Crippen LogP) is 3.47. The summed E-state index contributed by atoms with van der Waals surface area (Å²) in [4.78, 5) is 0. The van der Waals surface area contributed by atoms with Gasteiger partial charge in [0.2, 0.25) is 0 Å². The molecule has 3 heteroatoms. The number of thiophene rings is 1. The lowest BCUT2D eigenvalue weighted by Gasteiger charge is -2.20. The van der Waals surface area contributed by atoms with Gasteiger partial charge in [0.25, 0.3) is 0 Å². The van der Waals surface area contributed by atoms with Gasteiger partial charge in [-0.2, -0.15) is 0 Å². The highest BCUT2D eigenvalue weighted by atomic mass is 32.1. The van der Waals surface area contributed by atoms with E-state index in [2.05, 4.69) is 36.6 Å². The third-order valence-corrected chi connectivity index (χ3v) is 4.51. The molecule has 0 bridgehead atoms. The summed E-state index contributed by atoms with van der Waals surface area (Å²) in [6.45, 7) is 2.12. The second-order valence-electron chi connectivity index (χ2n) is 4.77. The van der Waals surface area contributed by atoms with Crippen LogP contribution in [0.1, 0.15) is 31.4 Å². The number of nitrogens with two attached hydrogens (primary N) is 1. The van der Waals surface area contributed by atoms with Gasteiger partial charge in [0.05, 0.1) is 18.2 Å². The average molecular weight is 247 g/mol. The summed E-state index contributed by atoms with van der Waals surface area (Å²) in [5, 5.41) is 3.41. The van der Waals surface area contributed by atoms with Crippen LogP contribution in [0.5, 0.6) is 0 Å². The van der Waals surface area contributed by atoms with Crippen molar-refractivity contribution in [3.05, 3.63) is 35.2 Å². The summed E-state index contributed by atoms with van der Waals surface area (Å²) in [6.07, 6.45) is 2.73. The maximum atomic E-state index is 6.37. The minimum Gasteiger partial charge on any atom is -0.373 e. The highest BCUT2D eigenvalue weighted by Gasteiger charge is 2.29. The first-order valence-corrected chi connectivity index (χ1v) is 7.01. The molecule has 0 radical (unpaired) electrons. The van der Waals surface area contributed by atoms with Crippen LogP contribution in [0.25, 0.3) is 10.1 Å². The van der Waals surface area contributed by atoms with Gasteiger partial charge < -0.3 is 10.5 Å². The molecule has 3 unspecified atom stereocenters. The molecule has 0 saturated carbocycles. The molecule has 1 fully saturated rings. The Balaban J connectivity index is 1.95. The van der Waals surface area contributed by atoms with Gasteiger partial charge in [0.15, 0.2) is 0 Å². The van der Waals surface area contributed by atoms with E-state index in [0.29, 0.717) is 6.10 Å². The number of hydrogen-bond acceptors (Lipinski definition) is 3. The predicted molar refractivity (Wildman–Crippen MR) is 72.3 cm³/mol. The van der Waals surface area contributed by atoms with Gasteiger partial charge in [-0.05, 0) is 42.2 Å². The lowest BCUT2D eigenvalue weighted by Crippen LogP contribution is -2.26. The molecular weight excluding hydrogens is 230 g/mol. The Morgan fingerprint density at radius 3 is 3.00 bits per heavy atom. The van der Waals surface area contributed by atoms with E-state index in [-0.39, 0.29) is 12.1 Å². The van der Waals surface area contributed by atoms with Crippen LogP contribution in [-0.2, 0) is 4.74 Å². The van der Waals surface area contributed by atoms with Crippen LogP contribution in [0.15, 0.2) is 29.6 Å². The van der Waals surface area contributed by atoms with E-state index in [4.69, 9.17) is 10.5 Å². The van der Waals surface area contributed by atoms with Crippen molar-refractivity contribution in [2.24, 2.45) is 5.73 Å². The molecule has 2 nitrogen and oxygen atoms in total. The molecule has 3 rings (SSSR count). The van der Waals surface area contributed by atoms with Crippen molar-refractivity contribution in [3.63, 3.8) is 0 Å². The molecule has 1 aliphatic heterocycles. The van der Waals surface area contributed by atoms with Gasteiger partial charge >= 0.3 is 0 Å². The maximum absolute atomic E-state index is 6.37. The first-order valence-electron chi connectivity index (χ1n) is 6.13. The highest BCUT2D eigenvalue weighted by Crippen LogP contribution is 2.34. The van der Waals surface area contributed by atoms with Gasteiger partial charge in [0.1, 0.15) is 0 Å². The molecule has 2 N–H and O–H groups in total. The summed E-state index contributed by atoms with van der Waals surface area (Å²) in [5.41, 5.74) is 7.60. The molecule has 0 amide bonds. The summed E-state index contributed by atoms with van der Waals surface area (Å²) >= 11 is 1.77. The first-order chi connectivity index (χ1) is 8.25. The van der Waals surface area contributed by atoms with Gasteiger partial charge in [0, 0.05) is 4.70 Å². The summed E-state index contributed by atoms with van der Waals surface area (Å²) in [5.74, 6) is 0. The number of benzene rings is 1. The minimum atomic E-state index is 0.00213. The van der Waals surface area contributed by atoms with Crippen LogP contribution in [-0.4, -0.2) is 12.2 Å². The number of ether oxygens (including phenoxy) is 1. The molecule has 1 aromatic carbocycles. The molecule has 1 aromatic heterocycles. The van der Waals surface area contributed by atoms with Crippen molar-refractivity contribution in [1.82, 2.24) is 0 Å². The van der Waals surface area contributed by atoms with E-state index in [1.165, 1.54) is 15.6 Å². The summed E-state index contributed by atoms with van der Waals surface area (Å²) in [6, 6.07) is 8.51. The summed E-state index contributed by atoms with van der Waals surface area (Å²) < 4.78 is 7.19. The molecule has 17 heavy (non-hydrogen) atoms. The molecule has 1 saturated heterocycles. The van der Waals surface area contributed by atoms with Gasteiger partial charge in [-0.25, -0.2) is 0 Å². The zero-order valence-electron chi connectivity index (χ0n) is 9.93. The highest BCUT2D eigenvalue weighted by molar-refractivity contribution is 7.17. The molecule has 3 atom stereocenters. The Morgan fingerprint density at radius 1 is 1.35 bits per heavy atom. The molecular formula is C14H17NOS. The Hall–Kier alpha value is -0.900. The van der Waals surface area contributed by atoms with Crippen LogP contribution < -0.4 is 5.73 Å². The third-order valence-electron chi connectivity index (χ3n) is 3.53. The lowest BCUT2D eigenvalue weighted by atomic mass is 9.99. The standard InChI is InChI=1S/C14H17NOS/c1-9-5-6-12(16-9)13(15)11-4-2-3-10-7-8-17-14(10)11/h2-4,7-9,12-13H,5-6,15H2,1H3. The van der Waals surface area contributed by atoms with E-state index in [9.17, 15) is 0 Å². The average Bonchev–Trinajstić information content (AvgIpc) is 2.95. The van der Waals surface area contributed by atoms with Crippen LogP contribution in [0.2, 0.25) is 0 Å². The normalized spacial score (nSPS) is 26.5. The zero-order valence-corrected chi connectivity index (χ0v) is 10.7. The van der Waals surface area contributed by atoms with Crippen molar-refractivity contribution in [3.8, 4) is 0 Å². The largest absolute Gasteiger partial charge is 0.373 e. The van der Waals surface area contributed by atoms with Crippen molar-refractivity contribution in [2.75, 3.05) is 0 Å². The Labute approximate surface area is 105 Å². The lowest BCUT2D eigenvalue weighted by molar-refractivity contribution is 0.0404. The van der Waals surface area contributed by atoms with Crippen LogP contribution in [0.3, 0.4) is 0 Å². The monoisotopic (exact) mass is 247 g/mol. The van der Waals surface area contributed by atoms with Gasteiger partial charge in [-0.3, -0.25) is 0 Å². The Morgan fingerprint density at radius 2 is 2.24 bits per heavy atom. The third kappa shape index (κ3) is 1.99. The zero-order chi connectivity index (χ0) is 11.8. The molecule has 90 valence electrons. The van der Waals surface area contributed by atoms with E-state index < -0.39 is 0 Å². The molecule has 2 aromatic rings. The van der Waals surface area contributed by atoms with Gasteiger partial charge in [-0.1, -0.05) is 18.2 Å². The Bertz CT molecular complexity index is 522. The van der Waals surface area contributed by atoms with E-state index >= 15 is 0 Å². The summed E-state index contributed by atoms with van der Waals surface area (Å²) in [7, 11) is 0. The smallest absolute Gasteiger partial charge is 0.0772 e. The van der Waals surface area contributed by atoms with E-state index in [1.54, 1.807) is 11.3 Å². The second-order valence-corrected chi connectivity index (χ2v) is 5.69.